The van der Waals surface area contributed by atoms with E-state index in [1.54, 1.807) is 0 Å². The fraction of sp³-hybridized carbons (Fsp3) is 0.561. The summed E-state index contributed by atoms with van der Waals surface area (Å²) in [5, 5.41) is 0. The molecule has 0 spiro atoms. The standard InChI is InChI=1S/C57H88O6/c1-4-7-10-13-16-19-22-25-28-31-34-37-40-43-46-49-55(58)61-52-54(63-57(60)51-48-45-42-39-36-33-30-27-24-21-18-15-12-9-6-3)53-62-56(59)50-47-44-41-38-35-32-29-26-23-20-17-14-11-8-5-2/h7-12,16-21,25-30,34,36-37,39,54H,4-6,13-15,22-24,31-33,35,38,40-53H2,1-3H3/b10-7-,11-8-,12-9-,19-16-,20-17-,21-18-,28-25-,29-26-,30-27-,37-34-,39-36-. The van der Waals surface area contributed by atoms with Crippen LogP contribution in [-0.4, -0.2) is 37.2 Å². The maximum Gasteiger partial charge on any atom is 0.306 e. The summed E-state index contributed by atoms with van der Waals surface area (Å²) < 4.78 is 16.7. The van der Waals surface area contributed by atoms with Crippen LogP contribution in [-0.2, 0) is 28.6 Å². The van der Waals surface area contributed by atoms with Gasteiger partial charge in [-0.05, 0) is 128 Å². The van der Waals surface area contributed by atoms with Gasteiger partial charge in [-0.2, -0.15) is 0 Å². The van der Waals surface area contributed by atoms with Crippen molar-refractivity contribution in [3.8, 4) is 0 Å². The highest BCUT2D eigenvalue weighted by Gasteiger charge is 2.19. The Morgan fingerprint density at radius 2 is 0.571 bits per heavy atom. The molecule has 0 aromatic carbocycles. The lowest BCUT2D eigenvalue weighted by Crippen LogP contribution is -2.30. The lowest BCUT2D eigenvalue weighted by Gasteiger charge is -2.18. The molecular weight excluding hydrogens is 781 g/mol. The van der Waals surface area contributed by atoms with Gasteiger partial charge in [-0.25, -0.2) is 0 Å². The van der Waals surface area contributed by atoms with Gasteiger partial charge in [0.05, 0.1) is 0 Å². The Labute approximate surface area is 385 Å². The number of esters is 3. The summed E-state index contributed by atoms with van der Waals surface area (Å²) in [5.74, 6) is -1.04. The number of ether oxygens (including phenoxy) is 3. The third-order valence-electron chi connectivity index (χ3n) is 9.63. The SMILES string of the molecule is CC/C=C\C/C=C\C/C=C\C/C=C\CCCCC(=O)OCC(COC(=O)CCCCCCC/C=C\C/C=C\C/C=C\CC)OC(=O)CCCC/C=C\C/C=C\C/C=C\C/C=C\CC. The third-order valence-corrected chi connectivity index (χ3v) is 9.63. The predicted molar refractivity (Wildman–Crippen MR) is 269 cm³/mol. The second-order valence-corrected chi connectivity index (χ2v) is 15.6. The van der Waals surface area contributed by atoms with Crippen LogP contribution in [0.25, 0.3) is 0 Å². The Bertz CT molecular complexity index is 1420. The lowest BCUT2D eigenvalue weighted by atomic mass is 10.1. The van der Waals surface area contributed by atoms with Gasteiger partial charge in [0.1, 0.15) is 13.2 Å². The van der Waals surface area contributed by atoms with Crippen molar-refractivity contribution in [2.75, 3.05) is 13.2 Å². The van der Waals surface area contributed by atoms with E-state index in [2.05, 4.69) is 154 Å². The number of carbonyl (C=O) groups excluding carboxylic acids is 3. The minimum absolute atomic E-state index is 0.122. The van der Waals surface area contributed by atoms with E-state index in [1.807, 2.05) is 0 Å². The first-order valence-electron chi connectivity index (χ1n) is 24.7. The van der Waals surface area contributed by atoms with Gasteiger partial charge >= 0.3 is 17.9 Å². The molecule has 0 rings (SSSR count). The van der Waals surface area contributed by atoms with Crippen LogP contribution in [0.2, 0.25) is 0 Å². The maximum absolute atomic E-state index is 12.8. The number of allylic oxidation sites excluding steroid dienone is 22. The van der Waals surface area contributed by atoms with E-state index in [0.717, 1.165) is 135 Å². The van der Waals surface area contributed by atoms with Crippen molar-refractivity contribution < 1.29 is 28.6 Å². The predicted octanol–water partition coefficient (Wildman–Crippen LogP) is 16.3. The molecular formula is C57H88O6. The maximum atomic E-state index is 12.8. The normalized spacial score (nSPS) is 13.3. The number of carbonyl (C=O) groups is 3. The summed E-state index contributed by atoms with van der Waals surface area (Å²) in [6.07, 6.45) is 70.1. The third kappa shape index (κ3) is 48.4. The quantitative estimate of drug-likeness (QED) is 0.0263. The van der Waals surface area contributed by atoms with Crippen molar-refractivity contribution in [2.45, 2.75) is 194 Å². The van der Waals surface area contributed by atoms with Gasteiger partial charge in [-0.15, -0.1) is 0 Å². The molecule has 0 bridgehead atoms. The summed E-state index contributed by atoms with van der Waals surface area (Å²) >= 11 is 0. The largest absolute Gasteiger partial charge is 0.462 e. The molecule has 0 aromatic heterocycles. The van der Waals surface area contributed by atoms with Gasteiger partial charge < -0.3 is 14.2 Å². The fourth-order valence-corrected chi connectivity index (χ4v) is 6.02. The molecule has 0 fully saturated rings. The van der Waals surface area contributed by atoms with Crippen LogP contribution < -0.4 is 0 Å². The second-order valence-electron chi connectivity index (χ2n) is 15.6. The summed E-state index contributed by atoms with van der Waals surface area (Å²) in [6.45, 7) is 6.18. The van der Waals surface area contributed by atoms with E-state index < -0.39 is 6.10 Å². The molecule has 63 heavy (non-hydrogen) atoms. The number of rotatable bonds is 42. The molecule has 0 aliphatic carbocycles. The van der Waals surface area contributed by atoms with E-state index in [4.69, 9.17) is 14.2 Å². The van der Waals surface area contributed by atoms with Crippen molar-refractivity contribution in [3.05, 3.63) is 134 Å². The van der Waals surface area contributed by atoms with Crippen LogP contribution in [0.15, 0.2) is 134 Å². The van der Waals surface area contributed by atoms with Crippen LogP contribution in [0.4, 0.5) is 0 Å². The van der Waals surface area contributed by atoms with Gasteiger partial charge in [0.15, 0.2) is 6.10 Å². The van der Waals surface area contributed by atoms with E-state index in [1.165, 1.54) is 0 Å². The molecule has 352 valence electrons. The molecule has 0 saturated carbocycles. The van der Waals surface area contributed by atoms with Gasteiger partial charge in [0.2, 0.25) is 0 Å². The molecule has 0 radical (unpaired) electrons. The molecule has 1 unspecified atom stereocenters. The summed E-state index contributed by atoms with van der Waals surface area (Å²) in [7, 11) is 0. The Kier molecular flexibility index (Phi) is 46.7. The molecule has 0 heterocycles. The van der Waals surface area contributed by atoms with E-state index >= 15 is 0 Å². The number of unbranched alkanes of at least 4 members (excludes halogenated alkanes) is 9. The molecule has 0 N–H and O–H groups in total. The summed E-state index contributed by atoms with van der Waals surface area (Å²) in [4.78, 5) is 37.9. The summed E-state index contributed by atoms with van der Waals surface area (Å²) in [6, 6.07) is 0. The van der Waals surface area contributed by atoms with E-state index in [9.17, 15) is 14.4 Å². The van der Waals surface area contributed by atoms with E-state index in [0.29, 0.717) is 19.3 Å². The smallest absolute Gasteiger partial charge is 0.306 e. The molecule has 0 aliphatic heterocycles. The van der Waals surface area contributed by atoms with Gasteiger partial charge in [0.25, 0.3) is 0 Å². The fourth-order valence-electron chi connectivity index (χ4n) is 6.02. The van der Waals surface area contributed by atoms with E-state index in [-0.39, 0.29) is 44.0 Å². The Hall–Kier alpha value is -4.45. The van der Waals surface area contributed by atoms with Crippen LogP contribution in [0.5, 0.6) is 0 Å². The van der Waals surface area contributed by atoms with Gasteiger partial charge in [-0.3, -0.25) is 14.4 Å². The zero-order valence-corrected chi connectivity index (χ0v) is 40.0. The van der Waals surface area contributed by atoms with Gasteiger partial charge in [-0.1, -0.05) is 174 Å². The number of hydrogen-bond donors (Lipinski definition) is 0. The molecule has 0 saturated heterocycles. The molecule has 0 aromatic rings. The molecule has 6 nitrogen and oxygen atoms in total. The molecule has 0 aliphatic rings. The second kappa shape index (κ2) is 50.2. The first-order valence-corrected chi connectivity index (χ1v) is 24.7. The monoisotopic (exact) mass is 869 g/mol. The minimum atomic E-state index is -0.828. The van der Waals surface area contributed by atoms with Crippen molar-refractivity contribution >= 4 is 17.9 Å². The topological polar surface area (TPSA) is 78.9 Å². The average molecular weight is 869 g/mol. The highest BCUT2D eigenvalue weighted by Crippen LogP contribution is 2.11. The molecule has 6 heteroatoms. The molecule has 1 atom stereocenters. The zero-order chi connectivity index (χ0) is 45.8. The Balaban J connectivity index is 4.59. The van der Waals surface area contributed by atoms with Crippen molar-refractivity contribution in [1.82, 2.24) is 0 Å². The highest BCUT2D eigenvalue weighted by molar-refractivity contribution is 5.71. The van der Waals surface area contributed by atoms with Crippen LogP contribution in [0.1, 0.15) is 188 Å². The Morgan fingerprint density at radius 1 is 0.317 bits per heavy atom. The van der Waals surface area contributed by atoms with Crippen LogP contribution in [0, 0.1) is 0 Å². The average Bonchev–Trinajstić information content (AvgIpc) is 3.28. The Morgan fingerprint density at radius 3 is 0.921 bits per heavy atom. The molecule has 0 amide bonds. The van der Waals surface area contributed by atoms with Gasteiger partial charge in [0, 0.05) is 19.3 Å². The zero-order valence-electron chi connectivity index (χ0n) is 40.0. The highest BCUT2D eigenvalue weighted by atomic mass is 16.6. The first kappa shape index (κ1) is 58.6. The van der Waals surface area contributed by atoms with Crippen LogP contribution >= 0.6 is 0 Å². The van der Waals surface area contributed by atoms with Crippen LogP contribution in [0.3, 0.4) is 0 Å². The lowest BCUT2D eigenvalue weighted by molar-refractivity contribution is -0.167. The first-order chi connectivity index (χ1) is 31.0. The van der Waals surface area contributed by atoms with Crippen molar-refractivity contribution in [1.29, 1.82) is 0 Å². The summed E-state index contributed by atoms with van der Waals surface area (Å²) in [5.41, 5.74) is 0. The van der Waals surface area contributed by atoms with Crippen molar-refractivity contribution in [2.24, 2.45) is 0 Å². The minimum Gasteiger partial charge on any atom is -0.462 e. The number of hydrogen-bond acceptors (Lipinski definition) is 6. The van der Waals surface area contributed by atoms with Crippen molar-refractivity contribution in [3.63, 3.8) is 0 Å².